The van der Waals surface area contributed by atoms with Crippen LogP contribution in [0.25, 0.3) is 0 Å². The van der Waals surface area contributed by atoms with Crippen LogP contribution in [0.3, 0.4) is 0 Å². The molecule has 0 bridgehead atoms. The Morgan fingerprint density at radius 3 is 0.897 bits per heavy atom. The number of esters is 2. The van der Waals surface area contributed by atoms with Crippen LogP contribution in [-0.4, -0.2) is 37.9 Å². The van der Waals surface area contributed by atoms with E-state index in [9.17, 15) is 9.59 Å². The van der Waals surface area contributed by atoms with Gasteiger partial charge in [0.1, 0.15) is 6.61 Å². The van der Waals surface area contributed by atoms with Gasteiger partial charge in [0.15, 0.2) is 6.10 Å². The molecule has 5 nitrogen and oxygen atoms in total. The summed E-state index contributed by atoms with van der Waals surface area (Å²) in [6, 6.07) is 0. The lowest BCUT2D eigenvalue weighted by atomic mass is 10.0. The average molecular weight is 958 g/mol. The molecule has 402 valence electrons. The quantitative estimate of drug-likeness (QED) is 0.0345. The summed E-state index contributed by atoms with van der Waals surface area (Å²) in [5.41, 5.74) is 0. The summed E-state index contributed by atoms with van der Waals surface area (Å²) in [4.78, 5) is 25.6. The van der Waals surface area contributed by atoms with E-state index in [1.807, 2.05) is 0 Å². The van der Waals surface area contributed by atoms with Gasteiger partial charge in [0.2, 0.25) is 0 Å². The second kappa shape index (κ2) is 59.7. The third-order valence-electron chi connectivity index (χ3n) is 14.0. The predicted molar refractivity (Wildman–Crippen MR) is 298 cm³/mol. The highest BCUT2D eigenvalue weighted by atomic mass is 16.6. The summed E-state index contributed by atoms with van der Waals surface area (Å²) in [6.07, 6.45) is 72.1. The molecule has 1 atom stereocenters. The normalized spacial score (nSPS) is 12.2. The van der Waals surface area contributed by atoms with Gasteiger partial charge in [-0.3, -0.25) is 9.59 Å². The molecule has 0 heterocycles. The SMILES string of the molecule is CCCCCCCC/C=C\CCCCCCCCCC(=O)OCC(COCCCCCCCCCCCCCCCCCCCCCC)OC(=O)CCCCCCC/C=C\CCCCCCCC. The molecule has 0 spiro atoms. The van der Waals surface area contributed by atoms with Gasteiger partial charge < -0.3 is 14.2 Å². The van der Waals surface area contributed by atoms with Crippen LogP contribution in [0.1, 0.15) is 342 Å². The number of ether oxygens (including phenoxy) is 3. The zero-order chi connectivity index (χ0) is 49.2. The largest absolute Gasteiger partial charge is 0.462 e. The van der Waals surface area contributed by atoms with Crippen molar-refractivity contribution >= 4 is 11.9 Å². The summed E-state index contributed by atoms with van der Waals surface area (Å²) in [7, 11) is 0. The zero-order valence-electron chi connectivity index (χ0n) is 46.4. The molecule has 0 aliphatic rings. The van der Waals surface area contributed by atoms with Gasteiger partial charge >= 0.3 is 11.9 Å². The van der Waals surface area contributed by atoms with Crippen molar-refractivity contribution in [2.75, 3.05) is 19.8 Å². The molecule has 0 aromatic heterocycles. The molecule has 1 unspecified atom stereocenters. The summed E-state index contributed by atoms with van der Waals surface area (Å²) < 4.78 is 17.5. The van der Waals surface area contributed by atoms with Gasteiger partial charge in [0.25, 0.3) is 0 Å². The Morgan fingerprint density at radius 1 is 0.309 bits per heavy atom. The summed E-state index contributed by atoms with van der Waals surface area (Å²) in [5.74, 6) is -0.389. The maximum atomic E-state index is 12.9. The van der Waals surface area contributed by atoms with Crippen molar-refractivity contribution in [1.82, 2.24) is 0 Å². The molecule has 5 heteroatoms. The Morgan fingerprint density at radius 2 is 0.574 bits per heavy atom. The monoisotopic (exact) mass is 957 g/mol. The molecule has 0 aromatic rings. The summed E-state index contributed by atoms with van der Waals surface area (Å²) in [6.45, 7) is 7.89. The highest BCUT2D eigenvalue weighted by molar-refractivity contribution is 5.70. The van der Waals surface area contributed by atoms with E-state index in [0.717, 1.165) is 44.9 Å². The standard InChI is InChI=1S/C63H120O5/c1-4-7-10-13-16-19-22-25-28-30-31-32-34-37-40-43-46-49-52-55-58-66-59-61(68-63(65)57-54-51-48-45-42-39-35-27-24-21-18-15-12-9-6-3)60-67-62(64)56-53-50-47-44-41-38-36-33-29-26-23-20-17-14-11-8-5-2/h26-27,29,35,61H,4-25,28,30-34,36-60H2,1-3H3/b29-26-,35-27-. The maximum Gasteiger partial charge on any atom is 0.306 e. The molecule has 0 radical (unpaired) electrons. The van der Waals surface area contributed by atoms with Crippen LogP contribution in [0.4, 0.5) is 0 Å². The second-order valence-corrected chi connectivity index (χ2v) is 21.0. The second-order valence-electron chi connectivity index (χ2n) is 21.0. The Hall–Kier alpha value is -1.62. The van der Waals surface area contributed by atoms with Crippen LogP contribution < -0.4 is 0 Å². The van der Waals surface area contributed by atoms with Crippen molar-refractivity contribution < 1.29 is 23.8 Å². The number of hydrogen-bond acceptors (Lipinski definition) is 5. The molecular weight excluding hydrogens is 837 g/mol. The maximum absolute atomic E-state index is 12.9. The highest BCUT2D eigenvalue weighted by Crippen LogP contribution is 2.17. The zero-order valence-corrected chi connectivity index (χ0v) is 46.4. The van der Waals surface area contributed by atoms with E-state index >= 15 is 0 Å². The minimum absolute atomic E-state index is 0.0869. The van der Waals surface area contributed by atoms with E-state index < -0.39 is 6.10 Å². The fourth-order valence-electron chi connectivity index (χ4n) is 9.33. The molecule has 68 heavy (non-hydrogen) atoms. The van der Waals surface area contributed by atoms with E-state index in [1.54, 1.807) is 0 Å². The van der Waals surface area contributed by atoms with Gasteiger partial charge in [-0.15, -0.1) is 0 Å². The molecule has 0 N–H and O–H groups in total. The first kappa shape index (κ1) is 66.4. The van der Waals surface area contributed by atoms with Crippen LogP contribution in [0.5, 0.6) is 0 Å². The molecule has 0 aliphatic carbocycles. The van der Waals surface area contributed by atoms with Gasteiger partial charge in [-0.1, -0.05) is 283 Å². The van der Waals surface area contributed by atoms with Crippen molar-refractivity contribution in [3.05, 3.63) is 24.3 Å². The van der Waals surface area contributed by atoms with Crippen LogP contribution >= 0.6 is 0 Å². The Balaban J connectivity index is 4.21. The van der Waals surface area contributed by atoms with Gasteiger partial charge in [0.05, 0.1) is 6.61 Å². The first-order chi connectivity index (χ1) is 33.6. The van der Waals surface area contributed by atoms with E-state index in [4.69, 9.17) is 14.2 Å². The van der Waals surface area contributed by atoms with Crippen LogP contribution in [0.15, 0.2) is 24.3 Å². The summed E-state index contributed by atoms with van der Waals surface area (Å²) in [5, 5.41) is 0. The van der Waals surface area contributed by atoms with E-state index in [-0.39, 0.29) is 18.5 Å². The van der Waals surface area contributed by atoms with Crippen molar-refractivity contribution in [2.24, 2.45) is 0 Å². The Kier molecular flexibility index (Phi) is 58.3. The number of allylic oxidation sites excluding steroid dienone is 4. The average Bonchev–Trinajstić information content (AvgIpc) is 3.34. The molecule has 0 saturated carbocycles. The minimum Gasteiger partial charge on any atom is -0.462 e. The van der Waals surface area contributed by atoms with Crippen LogP contribution in [0, 0.1) is 0 Å². The molecule has 0 aliphatic heterocycles. The third-order valence-corrected chi connectivity index (χ3v) is 14.0. The summed E-state index contributed by atoms with van der Waals surface area (Å²) >= 11 is 0. The Bertz CT molecular complexity index is 1040. The highest BCUT2D eigenvalue weighted by Gasteiger charge is 2.17. The van der Waals surface area contributed by atoms with E-state index in [2.05, 4.69) is 45.1 Å². The molecular formula is C63H120O5. The number of rotatable bonds is 58. The molecule has 0 rings (SSSR count). The molecule has 0 amide bonds. The first-order valence-electron chi connectivity index (χ1n) is 30.9. The lowest BCUT2D eigenvalue weighted by molar-refractivity contribution is -0.163. The number of unbranched alkanes of at least 4 members (excludes halogenated alkanes) is 43. The van der Waals surface area contributed by atoms with Gasteiger partial charge in [0, 0.05) is 19.4 Å². The fourth-order valence-corrected chi connectivity index (χ4v) is 9.33. The Labute approximate surface area is 426 Å². The molecule has 0 saturated heterocycles. The van der Waals surface area contributed by atoms with Crippen molar-refractivity contribution in [3.63, 3.8) is 0 Å². The predicted octanol–water partition coefficient (Wildman–Crippen LogP) is 21.1. The van der Waals surface area contributed by atoms with Crippen LogP contribution in [0.2, 0.25) is 0 Å². The smallest absolute Gasteiger partial charge is 0.306 e. The minimum atomic E-state index is -0.537. The molecule has 0 fully saturated rings. The third kappa shape index (κ3) is 57.0. The van der Waals surface area contributed by atoms with Crippen molar-refractivity contribution in [2.45, 2.75) is 348 Å². The topological polar surface area (TPSA) is 61.8 Å². The van der Waals surface area contributed by atoms with Gasteiger partial charge in [-0.05, 0) is 70.6 Å². The first-order valence-corrected chi connectivity index (χ1v) is 30.9. The molecule has 0 aromatic carbocycles. The van der Waals surface area contributed by atoms with Crippen LogP contribution in [-0.2, 0) is 23.8 Å². The number of carbonyl (C=O) groups is 2. The van der Waals surface area contributed by atoms with E-state index in [0.29, 0.717) is 26.1 Å². The number of hydrogen-bond donors (Lipinski definition) is 0. The van der Waals surface area contributed by atoms with Crippen molar-refractivity contribution in [3.8, 4) is 0 Å². The van der Waals surface area contributed by atoms with Crippen molar-refractivity contribution in [1.29, 1.82) is 0 Å². The number of carbonyl (C=O) groups excluding carboxylic acids is 2. The van der Waals surface area contributed by atoms with Gasteiger partial charge in [-0.2, -0.15) is 0 Å². The fraction of sp³-hybridized carbons (Fsp3) is 0.905. The van der Waals surface area contributed by atoms with Gasteiger partial charge in [-0.25, -0.2) is 0 Å². The lowest BCUT2D eigenvalue weighted by Crippen LogP contribution is -2.30. The van der Waals surface area contributed by atoms with E-state index in [1.165, 1.54) is 263 Å². The lowest BCUT2D eigenvalue weighted by Gasteiger charge is -2.18.